The molecule has 3 aromatic heterocycles. The Labute approximate surface area is 208 Å². The highest BCUT2D eigenvalue weighted by Crippen LogP contribution is 2.35. The first-order valence-electron chi connectivity index (χ1n) is 11.8. The van der Waals surface area contributed by atoms with Gasteiger partial charge in [0.05, 0.1) is 25.3 Å². The second-order valence-electron chi connectivity index (χ2n) is 9.82. The Kier molecular flexibility index (Phi) is 6.45. The van der Waals surface area contributed by atoms with Gasteiger partial charge in [0, 0.05) is 32.0 Å². The quantitative estimate of drug-likeness (QED) is 0.508. The molecule has 0 spiro atoms. The summed E-state index contributed by atoms with van der Waals surface area (Å²) in [4.78, 5) is 37.1. The number of morpholine rings is 1. The molecule has 2 fully saturated rings. The van der Waals surface area contributed by atoms with Crippen LogP contribution in [0.15, 0.2) is 12.4 Å². The van der Waals surface area contributed by atoms with Gasteiger partial charge in [-0.05, 0) is 51.1 Å². The lowest BCUT2D eigenvalue weighted by atomic mass is 10.2. The first-order valence-corrected chi connectivity index (χ1v) is 12.2. The average molecular weight is 501 g/mol. The molecule has 35 heavy (non-hydrogen) atoms. The van der Waals surface area contributed by atoms with Gasteiger partial charge in [-0.25, -0.2) is 29.7 Å². The number of halogens is 1. The van der Waals surface area contributed by atoms with E-state index in [0.29, 0.717) is 65.9 Å². The number of nitrogens with one attached hydrogen (secondary N) is 1. The zero-order valence-corrected chi connectivity index (χ0v) is 20.9. The van der Waals surface area contributed by atoms with Crippen molar-refractivity contribution in [1.29, 1.82) is 0 Å². The second-order valence-corrected chi connectivity index (χ2v) is 10.2. The summed E-state index contributed by atoms with van der Waals surface area (Å²) in [6.07, 6.45) is 5.18. The number of carbonyl (C=O) groups excluding carboxylic acids is 1. The molecule has 0 atom stereocenters. The van der Waals surface area contributed by atoms with Crippen LogP contribution in [0.4, 0.5) is 10.6 Å². The number of rotatable bonds is 6. The van der Waals surface area contributed by atoms with Gasteiger partial charge in [-0.2, -0.15) is 0 Å². The Morgan fingerprint density at radius 3 is 2.54 bits per heavy atom. The summed E-state index contributed by atoms with van der Waals surface area (Å²) >= 11 is 6.54. The van der Waals surface area contributed by atoms with Crippen molar-refractivity contribution < 1.29 is 14.3 Å². The SMILES string of the molecule is CC(C)(C)OC(=O)NCc1ncc(-c2nc(N3CCOCC3)c3nc(Cl)n(CC4CC4)c3n2)cn1. The summed E-state index contributed by atoms with van der Waals surface area (Å²) in [6, 6.07) is 0. The molecule has 1 saturated carbocycles. The number of amides is 1. The predicted octanol–water partition coefficient (Wildman–Crippen LogP) is 3.21. The van der Waals surface area contributed by atoms with Crippen molar-refractivity contribution in [2.75, 3.05) is 31.2 Å². The van der Waals surface area contributed by atoms with Crippen LogP contribution >= 0.6 is 11.6 Å². The maximum atomic E-state index is 11.9. The fourth-order valence-corrected chi connectivity index (χ4v) is 4.07. The lowest BCUT2D eigenvalue weighted by molar-refractivity contribution is 0.0522. The van der Waals surface area contributed by atoms with E-state index in [1.807, 2.05) is 25.3 Å². The Hall–Kier alpha value is -3.05. The molecule has 1 aliphatic carbocycles. The first-order chi connectivity index (χ1) is 16.8. The molecule has 0 unspecified atom stereocenters. The molecule has 4 heterocycles. The minimum absolute atomic E-state index is 0.151. The molecule has 1 N–H and O–H groups in total. The van der Waals surface area contributed by atoms with Crippen molar-refractivity contribution in [2.24, 2.45) is 5.92 Å². The van der Waals surface area contributed by atoms with Gasteiger partial charge in [0.15, 0.2) is 22.8 Å². The lowest BCUT2D eigenvalue weighted by Gasteiger charge is -2.28. The van der Waals surface area contributed by atoms with Gasteiger partial charge < -0.3 is 19.7 Å². The topological polar surface area (TPSA) is 120 Å². The Bertz CT molecular complexity index is 1210. The normalized spacial score (nSPS) is 16.5. The number of hydrogen-bond acceptors (Lipinski definition) is 9. The molecule has 1 aliphatic heterocycles. The summed E-state index contributed by atoms with van der Waals surface area (Å²) in [5.41, 5.74) is 1.50. The average Bonchev–Trinajstić information content (AvgIpc) is 3.60. The van der Waals surface area contributed by atoms with Gasteiger partial charge >= 0.3 is 6.09 Å². The molecule has 11 nitrogen and oxygen atoms in total. The molecule has 0 bridgehead atoms. The van der Waals surface area contributed by atoms with E-state index in [2.05, 4.69) is 25.2 Å². The van der Waals surface area contributed by atoms with Crippen LogP contribution in [0.25, 0.3) is 22.6 Å². The van der Waals surface area contributed by atoms with Crippen LogP contribution in [0, 0.1) is 5.92 Å². The molecule has 186 valence electrons. The molecule has 1 saturated heterocycles. The molecule has 5 rings (SSSR count). The van der Waals surface area contributed by atoms with Crippen molar-refractivity contribution in [3.63, 3.8) is 0 Å². The van der Waals surface area contributed by atoms with Gasteiger partial charge in [0.25, 0.3) is 0 Å². The number of ether oxygens (including phenoxy) is 2. The summed E-state index contributed by atoms with van der Waals surface area (Å²) in [5.74, 6) is 2.30. The summed E-state index contributed by atoms with van der Waals surface area (Å²) in [5, 5.41) is 3.09. The van der Waals surface area contributed by atoms with Gasteiger partial charge in [0.1, 0.15) is 11.4 Å². The van der Waals surface area contributed by atoms with E-state index in [0.717, 1.165) is 12.4 Å². The highest BCUT2D eigenvalue weighted by molar-refractivity contribution is 6.29. The van der Waals surface area contributed by atoms with Gasteiger partial charge in [-0.1, -0.05) is 0 Å². The van der Waals surface area contributed by atoms with Gasteiger partial charge in [-0.3, -0.25) is 4.57 Å². The zero-order chi connectivity index (χ0) is 24.6. The number of nitrogens with zero attached hydrogens (tertiary/aromatic N) is 7. The van der Waals surface area contributed by atoms with E-state index in [1.54, 1.807) is 12.4 Å². The van der Waals surface area contributed by atoms with Crippen LogP contribution in [-0.2, 0) is 22.6 Å². The zero-order valence-electron chi connectivity index (χ0n) is 20.1. The minimum Gasteiger partial charge on any atom is -0.444 e. The smallest absolute Gasteiger partial charge is 0.408 e. The summed E-state index contributed by atoms with van der Waals surface area (Å²) in [7, 11) is 0. The van der Waals surface area contributed by atoms with E-state index in [9.17, 15) is 4.79 Å². The molecule has 2 aliphatic rings. The van der Waals surface area contributed by atoms with E-state index in [-0.39, 0.29) is 6.54 Å². The lowest BCUT2D eigenvalue weighted by Crippen LogP contribution is -2.37. The third-order valence-electron chi connectivity index (χ3n) is 5.73. The number of carbonyl (C=O) groups is 1. The number of anilines is 1. The number of aromatic nitrogens is 6. The molecule has 3 aromatic rings. The molecule has 0 aromatic carbocycles. The standard InChI is InChI=1S/C23H29ClN8O3/c1-23(2,3)35-22(33)27-12-16-25-10-15(11-26-16)18-29-19(31-6-8-34-9-7-31)17-20(30-18)32(21(24)28-17)13-14-4-5-14/h10-11,14H,4-9,12-13H2,1-3H3,(H,27,33). The third-order valence-corrected chi connectivity index (χ3v) is 6.02. The highest BCUT2D eigenvalue weighted by atomic mass is 35.5. The van der Waals surface area contributed by atoms with Gasteiger partial charge in [-0.15, -0.1) is 0 Å². The summed E-state index contributed by atoms with van der Waals surface area (Å²) in [6.45, 7) is 9.05. The van der Waals surface area contributed by atoms with Crippen LogP contribution in [0.2, 0.25) is 5.28 Å². The van der Waals surface area contributed by atoms with Crippen molar-refractivity contribution in [3.8, 4) is 11.4 Å². The minimum atomic E-state index is -0.572. The fourth-order valence-electron chi connectivity index (χ4n) is 3.83. The molecule has 0 radical (unpaired) electrons. The first kappa shape index (κ1) is 23.7. The van der Waals surface area contributed by atoms with Crippen molar-refractivity contribution in [3.05, 3.63) is 23.5 Å². The van der Waals surface area contributed by atoms with Crippen LogP contribution in [0.5, 0.6) is 0 Å². The fraction of sp³-hybridized carbons (Fsp3) is 0.565. The summed E-state index contributed by atoms with van der Waals surface area (Å²) < 4.78 is 12.7. The Morgan fingerprint density at radius 1 is 1.17 bits per heavy atom. The predicted molar refractivity (Wildman–Crippen MR) is 130 cm³/mol. The molecule has 1 amide bonds. The number of imidazole rings is 1. The van der Waals surface area contributed by atoms with Crippen molar-refractivity contribution >= 4 is 34.7 Å². The van der Waals surface area contributed by atoms with Crippen molar-refractivity contribution in [2.45, 2.75) is 52.3 Å². The molecular formula is C23H29ClN8O3. The highest BCUT2D eigenvalue weighted by Gasteiger charge is 2.27. The third kappa shape index (κ3) is 5.62. The van der Waals surface area contributed by atoms with Crippen LogP contribution in [0.1, 0.15) is 39.4 Å². The molecular weight excluding hydrogens is 472 g/mol. The largest absolute Gasteiger partial charge is 0.444 e. The van der Waals surface area contributed by atoms with Crippen LogP contribution in [0.3, 0.4) is 0 Å². The second kappa shape index (κ2) is 9.54. The Morgan fingerprint density at radius 2 is 1.89 bits per heavy atom. The van der Waals surface area contributed by atoms with Crippen molar-refractivity contribution in [1.82, 2.24) is 34.8 Å². The van der Waals surface area contributed by atoms with E-state index >= 15 is 0 Å². The maximum Gasteiger partial charge on any atom is 0.408 e. The molecule has 12 heteroatoms. The van der Waals surface area contributed by atoms with E-state index < -0.39 is 11.7 Å². The number of hydrogen-bond donors (Lipinski definition) is 1. The van der Waals surface area contributed by atoms with Gasteiger partial charge in [0.2, 0.25) is 5.28 Å². The maximum absolute atomic E-state index is 11.9. The van der Waals surface area contributed by atoms with E-state index in [1.165, 1.54) is 12.8 Å². The van der Waals surface area contributed by atoms with Crippen LogP contribution < -0.4 is 10.2 Å². The monoisotopic (exact) mass is 500 g/mol. The number of alkyl carbamates (subject to hydrolysis) is 1. The Balaban J connectivity index is 1.43. The number of fused-ring (bicyclic) bond motifs is 1. The van der Waals surface area contributed by atoms with Crippen LogP contribution in [-0.4, -0.2) is 67.5 Å². The van der Waals surface area contributed by atoms with E-state index in [4.69, 9.17) is 31.0 Å².